The largest absolute Gasteiger partial charge is 0.484 e. The van der Waals surface area contributed by atoms with E-state index in [-0.39, 0.29) is 12.5 Å². The summed E-state index contributed by atoms with van der Waals surface area (Å²) in [6, 6.07) is 15.8. The fraction of sp³-hybridized carbons (Fsp3) is 0.235. The Morgan fingerprint density at radius 2 is 1.82 bits per heavy atom. The van der Waals surface area contributed by atoms with Gasteiger partial charge in [-0.1, -0.05) is 33.6 Å². The molecule has 22 heavy (non-hydrogen) atoms. The third-order valence-electron chi connectivity index (χ3n) is 2.90. The predicted molar refractivity (Wildman–Crippen MR) is 94.5 cm³/mol. The normalized spacial score (nSPS) is 10.3. The minimum Gasteiger partial charge on any atom is -0.484 e. The lowest BCUT2D eigenvalue weighted by Gasteiger charge is -2.07. The zero-order valence-electron chi connectivity index (χ0n) is 12.3. The number of aryl methyl sites for hydroxylation is 1. The summed E-state index contributed by atoms with van der Waals surface area (Å²) in [6.45, 7) is 2.73. The van der Waals surface area contributed by atoms with E-state index in [1.807, 2.05) is 24.3 Å². The second kappa shape index (κ2) is 8.86. The van der Waals surface area contributed by atoms with E-state index >= 15 is 0 Å². The lowest BCUT2D eigenvalue weighted by atomic mass is 10.2. The summed E-state index contributed by atoms with van der Waals surface area (Å²) in [5, 5.41) is 2.85. The van der Waals surface area contributed by atoms with Crippen LogP contribution in [0, 0.1) is 6.92 Å². The molecule has 0 radical (unpaired) electrons. The first-order valence-electron chi connectivity index (χ1n) is 6.98. The Bertz CT molecular complexity index is 599. The number of rotatable bonds is 7. The highest BCUT2D eigenvalue weighted by Gasteiger charge is 2.02. The van der Waals surface area contributed by atoms with Crippen molar-refractivity contribution in [1.82, 2.24) is 5.32 Å². The quantitative estimate of drug-likeness (QED) is 0.582. The van der Waals surface area contributed by atoms with Gasteiger partial charge in [0.25, 0.3) is 5.91 Å². The summed E-state index contributed by atoms with van der Waals surface area (Å²) < 4.78 is 6.40. The van der Waals surface area contributed by atoms with Gasteiger partial charge in [-0.05, 0) is 43.3 Å². The molecule has 2 rings (SSSR count). The average molecular weight is 380 g/mol. The number of hydrogen-bond acceptors (Lipinski definition) is 3. The van der Waals surface area contributed by atoms with Crippen LogP contribution in [-0.4, -0.2) is 24.8 Å². The highest BCUT2D eigenvalue weighted by Crippen LogP contribution is 2.17. The first-order chi connectivity index (χ1) is 10.6. The number of carbonyl (C=O) groups is 1. The fourth-order valence-corrected chi connectivity index (χ4v) is 2.76. The molecule has 0 fully saturated rings. The first kappa shape index (κ1) is 16.9. The van der Waals surface area contributed by atoms with E-state index < -0.39 is 0 Å². The van der Waals surface area contributed by atoms with Gasteiger partial charge < -0.3 is 10.1 Å². The van der Waals surface area contributed by atoms with Gasteiger partial charge in [0.2, 0.25) is 0 Å². The third kappa shape index (κ3) is 6.12. The van der Waals surface area contributed by atoms with E-state index in [0.717, 1.165) is 10.2 Å². The van der Waals surface area contributed by atoms with Gasteiger partial charge in [-0.15, -0.1) is 11.8 Å². The third-order valence-corrected chi connectivity index (χ3v) is 4.44. The maximum Gasteiger partial charge on any atom is 0.257 e. The Kier molecular flexibility index (Phi) is 6.80. The topological polar surface area (TPSA) is 38.3 Å². The van der Waals surface area contributed by atoms with Crippen molar-refractivity contribution < 1.29 is 9.53 Å². The van der Waals surface area contributed by atoms with Crippen LogP contribution in [0.3, 0.4) is 0 Å². The predicted octanol–water partition coefficient (Wildman–Crippen LogP) is 4.04. The van der Waals surface area contributed by atoms with Crippen LogP contribution in [0.1, 0.15) is 5.56 Å². The molecule has 1 N–H and O–H groups in total. The van der Waals surface area contributed by atoms with Crippen molar-refractivity contribution >= 4 is 33.6 Å². The Morgan fingerprint density at radius 3 is 2.50 bits per heavy atom. The summed E-state index contributed by atoms with van der Waals surface area (Å²) in [5.41, 5.74) is 1.25. The molecule has 2 aromatic carbocycles. The van der Waals surface area contributed by atoms with E-state index in [1.165, 1.54) is 10.5 Å². The van der Waals surface area contributed by atoms with Gasteiger partial charge in [0.1, 0.15) is 5.75 Å². The molecule has 2 aromatic rings. The number of halogens is 1. The second-order valence-electron chi connectivity index (χ2n) is 4.75. The minimum atomic E-state index is -0.104. The molecule has 5 heteroatoms. The lowest BCUT2D eigenvalue weighted by Crippen LogP contribution is -2.30. The highest BCUT2D eigenvalue weighted by molar-refractivity contribution is 9.10. The fourth-order valence-electron chi connectivity index (χ4n) is 1.72. The molecule has 3 nitrogen and oxygen atoms in total. The minimum absolute atomic E-state index is 0.0385. The molecule has 0 saturated heterocycles. The highest BCUT2D eigenvalue weighted by atomic mass is 79.9. The van der Waals surface area contributed by atoms with Crippen LogP contribution in [0.2, 0.25) is 0 Å². The van der Waals surface area contributed by atoms with Crippen LogP contribution in [0.15, 0.2) is 57.9 Å². The number of benzene rings is 2. The lowest BCUT2D eigenvalue weighted by molar-refractivity contribution is -0.122. The van der Waals surface area contributed by atoms with Crippen molar-refractivity contribution in [3.05, 3.63) is 58.6 Å². The van der Waals surface area contributed by atoms with Crippen molar-refractivity contribution in [2.75, 3.05) is 18.9 Å². The zero-order chi connectivity index (χ0) is 15.8. The summed E-state index contributed by atoms with van der Waals surface area (Å²) in [5.74, 6) is 1.42. The Labute approximate surface area is 143 Å². The molecule has 0 aliphatic carbocycles. The van der Waals surface area contributed by atoms with E-state index in [2.05, 4.69) is 52.4 Å². The Balaban J connectivity index is 1.61. The van der Waals surface area contributed by atoms with Crippen molar-refractivity contribution in [1.29, 1.82) is 0 Å². The molecule has 0 bridgehead atoms. The van der Waals surface area contributed by atoms with Crippen LogP contribution in [0.4, 0.5) is 0 Å². The molecule has 0 saturated carbocycles. The number of amides is 1. The summed E-state index contributed by atoms with van der Waals surface area (Å²) in [6.07, 6.45) is 0. The monoisotopic (exact) mass is 379 g/mol. The van der Waals surface area contributed by atoms with Gasteiger partial charge in [0.15, 0.2) is 6.61 Å². The van der Waals surface area contributed by atoms with Gasteiger partial charge in [-0.3, -0.25) is 4.79 Å². The van der Waals surface area contributed by atoms with Crippen LogP contribution >= 0.6 is 27.7 Å². The van der Waals surface area contributed by atoms with Crippen molar-refractivity contribution in [2.24, 2.45) is 0 Å². The maximum absolute atomic E-state index is 11.7. The van der Waals surface area contributed by atoms with Crippen molar-refractivity contribution in [2.45, 2.75) is 11.8 Å². The molecule has 0 aliphatic rings. The Morgan fingerprint density at radius 1 is 1.14 bits per heavy atom. The number of ether oxygens (including phenoxy) is 1. The number of carbonyl (C=O) groups excluding carboxylic acids is 1. The molecule has 0 unspecified atom stereocenters. The SMILES string of the molecule is Cc1ccc(SCCNC(=O)COc2ccc(Br)cc2)cc1. The van der Waals surface area contributed by atoms with Gasteiger partial charge in [0.05, 0.1) is 0 Å². The summed E-state index contributed by atoms with van der Waals surface area (Å²) in [7, 11) is 0. The molecule has 0 atom stereocenters. The maximum atomic E-state index is 11.7. The van der Waals surface area contributed by atoms with E-state index in [9.17, 15) is 4.79 Å². The van der Waals surface area contributed by atoms with Gasteiger partial charge in [0, 0.05) is 21.7 Å². The van der Waals surface area contributed by atoms with E-state index in [1.54, 1.807) is 11.8 Å². The molecule has 0 spiro atoms. The number of hydrogen-bond donors (Lipinski definition) is 1. The second-order valence-corrected chi connectivity index (χ2v) is 6.84. The smallest absolute Gasteiger partial charge is 0.257 e. The van der Waals surface area contributed by atoms with Gasteiger partial charge in [-0.25, -0.2) is 0 Å². The molecule has 0 aromatic heterocycles. The van der Waals surface area contributed by atoms with Crippen LogP contribution in [-0.2, 0) is 4.79 Å². The van der Waals surface area contributed by atoms with Crippen LogP contribution < -0.4 is 10.1 Å². The molecule has 0 heterocycles. The van der Waals surface area contributed by atoms with Crippen molar-refractivity contribution in [3.63, 3.8) is 0 Å². The van der Waals surface area contributed by atoms with Crippen LogP contribution in [0.25, 0.3) is 0 Å². The number of nitrogens with one attached hydrogen (secondary N) is 1. The molecular formula is C17H18BrNO2S. The van der Waals surface area contributed by atoms with E-state index in [0.29, 0.717) is 12.3 Å². The average Bonchev–Trinajstić information content (AvgIpc) is 2.53. The number of thioether (sulfide) groups is 1. The summed E-state index contributed by atoms with van der Waals surface area (Å²) >= 11 is 5.08. The van der Waals surface area contributed by atoms with Crippen LogP contribution in [0.5, 0.6) is 5.75 Å². The van der Waals surface area contributed by atoms with E-state index in [4.69, 9.17) is 4.74 Å². The van der Waals surface area contributed by atoms with Gasteiger partial charge >= 0.3 is 0 Å². The van der Waals surface area contributed by atoms with Crippen molar-refractivity contribution in [3.8, 4) is 5.75 Å². The standard InChI is InChI=1S/C17H18BrNO2S/c1-13-2-8-16(9-3-13)22-11-10-19-17(20)12-21-15-6-4-14(18)5-7-15/h2-9H,10-12H2,1H3,(H,19,20). The first-order valence-corrected chi connectivity index (χ1v) is 8.76. The molecular weight excluding hydrogens is 362 g/mol. The molecule has 1 amide bonds. The molecule has 116 valence electrons. The Hall–Kier alpha value is -1.46. The summed E-state index contributed by atoms with van der Waals surface area (Å²) in [4.78, 5) is 12.9. The molecule has 0 aliphatic heterocycles. The van der Waals surface area contributed by atoms with Gasteiger partial charge in [-0.2, -0.15) is 0 Å². The zero-order valence-corrected chi connectivity index (χ0v) is 14.7.